The molecule has 0 N–H and O–H groups in total. The first-order valence-corrected chi connectivity index (χ1v) is 9.13. The zero-order chi connectivity index (χ0) is 21.3. The molecule has 30 heavy (non-hydrogen) atoms. The molecule has 2 heterocycles. The summed E-state index contributed by atoms with van der Waals surface area (Å²) in [5.74, 6) is -3.12. The summed E-state index contributed by atoms with van der Waals surface area (Å²) in [5.41, 5.74) is 0.398. The number of para-hydroxylation sites is 1. The summed E-state index contributed by atoms with van der Waals surface area (Å²) in [6.07, 6.45) is 4.36. The summed E-state index contributed by atoms with van der Waals surface area (Å²) in [6, 6.07) is 8.84. The van der Waals surface area contributed by atoms with Crippen molar-refractivity contribution >= 4 is 16.9 Å². The van der Waals surface area contributed by atoms with Gasteiger partial charge < -0.3 is 9.30 Å². The van der Waals surface area contributed by atoms with Gasteiger partial charge in [-0.3, -0.25) is 4.79 Å². The molecule has 0 atom stereocenters. The molecule has 2 aromatic carbocycles. The molecule has 7 nitrogen and oxygen atoms in total. The van der Waals surface area contributed by atoms with E-state index < -0.39 is 23.0 Å². The first-order chi connectivity index (χ1) is 14.5. The quantitative estimate of drug-likeness (QED) is 0.473. The Balaban J connectivity index is 2.01. The number of esters is 1. The van der Waals surface area contributed by atoms with E-state index in [-0.39, 0.29) is 29.6 Å². The first-order valence-electron chi connectivity index (χ1n) is 9.13. The van der Waals surface area contributed by atoms with Crippen molar-refractivity contribution in [2.45, 2.75) is 13.5 Å². The summed E-state index contributed by atoms with van der Waals surface area (Å²) in [5, 5.41) is 8.03. The Morgan fingerprint density at radius 1 is 1.10 bits per heavy atom. The van der Waals surface area contributed by atoms with Crippen LogP contribution in [0, 0.1) is 11.6 Å². The average Bonchev–Trinajstić information content (AvgIpc) is 3.24. The van der Waals surface area contributed by atoms with Gasteiger partial charge in [-0.25, -0.2) is 13.6 Å². The predicted octanol–water partition coefficient (Wildman–Crippen LogP) is 3.09. The second-order valence-electron chi connectivity index (χ2n) is 6.43. The lowest BCUT2D eigenvalue weighted by molar-refractivity contribution is 0.0524. The van der Waals surface area contributed by atoms with Gasteiger partial charge in [0.25, 0.3) is 0 Å². The van der Waals surface area contributed by atoms with Crippen molar-refractivity contribution in [3.8, 4) is 5.69 Å². The maximum Gasteiger partial charge on any atom is 0.343 e. The molecule has 0 unspecified atom stereocenters. The number of hydrogen-bond acceptors (Lipinski definition) is 5. The fraction of sp³-hybridized carbons (Fsp3) is 0.143. The van der Waals surface area contributed by atoms with Crippen molar-refractivity contribution in [1.82, 2.24) is 19.6 Å². The highest BCUT2D eigenvalue weighted by Crippen LogP contribution is 2.24. The van der Waals surface area contributed by atoms with Crippen LogP contribution >= 0.6 is 0 Å². The number of carbonyl (C=O) groups excluding carboxylic acids is 1. The van der Waals surface area contributed by atoms with Gasteiger partial charge in [0.15, 0.2) is 11.6 Å². The van der Waals surface area contributed by atoms with Crippen LogP contribution in [0.5, 0.6) is 0 Å². The zero-order valence-corrected chi connectivity index (χ0v) is 15.9. The smallest absolute Gasteiger partial charge is 0.343 e. The van der Waals surface area contributed by atoms with Gasteiger partial charge in [0.2, 0.25) is 5.43 Å². The fourth-order valence-corrected chi connectivity index (χ4v) is 3.23. The fourth-order valence-electron chi connectivity index (χ4n) is 3.23. The van der Waals surface area contributed by atoms with Gasteiger partial charge in [0.05, 0.1) is 42.1 Å². The molecule has 9 heteroatoms. The molecule has 0 bridgehead atoms. The van der Waals surface area contributed by atoms with E-state index in [1.165, 1.54) is 28.0 Å². The molecule has 0 amide bonds. The second kappa shape index (κ2) is 7.86. The third-order valence-corrected chi connectivity index (χ3v) is 4.57. The molecule has 4 aromatic rings. The maximum atomic E-state index is 14.1. The van der Waals surface area contributed by atoms with E-state index in [1.807, 2.05) is 6.07 Å². The highest BCUT2D eigenvalue weighted by molar-refractivity contribution is 5.94. The van der Waals surface area contributed by atoms with E-state index in [0.29, 0.717) is 5.69 Å². The van der Waals surface area contributed by atoms with Crippen molar-refractivity contribution in [3.63, 3.8) is 0 Å². The van der Waals surface area contributed by atoms with Crippen LogP contribution in [-0.4, -0.2) is 32.1 Å². The summed E-state index contributed by atoms with van der Waals surface area (Å²) >= 11 is 0. The molecule has 0 spiro atoms. The highest BCUT2D eigenvalue weighted by Gasteiger charge is 2.20. The minimum atomic E-state index is -1.18. The molecular formula is C21H16F2N4O3. The lowest BCUT2D eigenvalue weighted by Crippen LogP contribution is -2.21. The van der Waals surface area contributed by atoms with Crippen molar-refractivity contribution in [2.24, 2.45) is 0 Å². The Labute approximate surface area is 169 Å². The molecule has 0 radical (unpaired) electrons. The van der Waals surface area contributed by atoms with Gasteiger partial charge in [-0.1, -0.05) is 18.2 Å². The topological polar surface area (TPSA) is 79.0 Å². The first kappa shape index (κ1) is 19.4. The van der Waals surface area contributed by atoms with Crippen LogP contribution in [0.4, 0.5) is 8.78 Å². The Hall–Kier alpha value is -3.88. The maximum absolute atomic E-state index is 14.1. The number of pyridine rings is 1. The van der Waals surface area contributed by atoms with Crippen molar-refractivity contribution in [2.75, 3.05) is 6.61 Å². The third-order valence-electron chi connectivity index (χ3n) is 4.57. The van der Waals surface area contributed by atoms with E-state index in [0.717, 1.165) is 17.7 Å². The number of hydrogen-bond donors (Lipinski definition) is 0. The molecular weight excluding hydrogens is 394 g/mol. The van der Waals surface area contributed by atoms with Gasteiger partial charge in [-0.05, 0) is 24.6 Å². The number of benzene rings is 2. The molecule has 0 saturated heterocycles. The van der Waals surface area contributed by atoms with Crippen LogP contribution in [0.2, 0.25) is 0 Å². The monoisotopic (exact) mass is 410 g/mol. The molecule has 0 aliphatic rings. The normalized spacial score (nSPS) is 11.0. The Morgan fingerprint density at radius 3 is 2.53 bits per heavy atom. The molecule has 0 aliphatic carbocycles. The lowest BCUT2D eigenvalue weighted by atomic mass is 10.1. The van der Waals surface area contributed by atoms with E-state index in [4.69, 9.17) is 4.74 Å². The van der Waals surface area contributed by atoms with Crippen LogP contribution in [0.3, 0.4) is 0 Å². The SMILES string of the molecule is CCOC(=O)c1cn(-c2ccccc2Cn2nccn2)c2cc(F)c(F)cc2c1=O. The molecule has 152 valence electrons. The van der Waals surface area contributed by atoms with Gasteiger partial charge in [-0.15, -0.1) is 0 Å². The predicted molar refractivity (Wildman–Crippen MR) is 105 cm³/mol. The highest BCUT2D eigenvalue weighted by atomic mass is 19.2. The van der Waals surface area contributed by atoms with Gasteiger partial charge in [-0.2, -0.15) is 15.0 Å². The van der Waals surface area contributed by atoms with Gasteiger partial charge in [0.1, 0.15) is 5.56 Å². The van der Waals surface area contributed by atoms with E-state index >= 15 is 0 Å². The zero-order valence-electron chi connectivity index (χ0n) is 15.9. The van der Waals surface area contributed by atoms with E-state index in [2.05, 4.69) is 10.2 Å². The second-order valence-corrected chi connectivity index (χ2v) is 6.43. The molecule has 4 rings (SSSR count). The van der Waals surface area contributed by atoms with E-state index in [9.17, 15) is 18.4 Å². The number of ether oxygens (including phenoxy) is 1. The van der Waals surface area contributed by atoms with Gasteiger partial charge in [0, 0.05) is 12.3 Å². The summed E-state index contributed by atoms with van der Waals surface area (Å²) in [7, 11) is 0. The van der Waals surface area contributed by atoms with Crippen molar-refractivity contribution < 1.29 is 18.3 Å². The van der Waals surface area contributed by atoms with Crippen molar-refractivity contribution in [1.29, 1.82) is 0 Å². The molecule has 2 aromatic heterocycles. The van der Waals surface area contributed by atoms with Crippen LogP contribution in [0.25, 0.3) is 16.6 Å². The van der Waals surface area contributed by atoms with Gasteiger partial charge >= 0.3 is 5.97 Å². The number of rotatable bonds is 5. The number of fused-ring (bicyclic) bond motifs is 1. The Morgan fingerprint density at radius 2 is 1.80 bits per heavy atom. The number of nitrogens with zero attached hydrogens (tertiary/aromatic N) is 4. The molecule has 0 saturated carbocycles. The summed E-state index contributed by atoms with van der Waals surface area (Å²) in [4.78, 5) is 26.6. The van der Waals surface area contributed by atoms with Crippen molar-refractivity contribution in [3.05, 3.63) is 88.0 Å². The molecule has 0 fully saturated rings. The number of aromatic nitrogens is 4. The standard InChI is InChI=1S/C21H16F2N4O3/c1-2-30-21(29)15-12-26(19-10-17(23)16(22)9-14(19)20(15)28)18-6-4-3-5-13(18)11-27-24-7-8-25-27/h3-10,12H,2,11H2,1H3. The van der Waals surface area contributed by atoms with Crippen LogP contribution in [-0.2, 0) is 11.3 Å². The van der Waals surface area contributed by atoms with Crippen LogP contribution < -0.4 is 5.43 Å². The van der Waals surface area contributed by atoms with Crippen LogP contribution in [0.15, 0.2) is 59.8 Å². The minimum Gasteiger partial charge on any atom is -0.462 e. The van der Waals surface area contributed by atoms with Crippen LogP contribution in [0.1, 0.15) is 22.8 Å². The summed E-state index contributed by atoms with van der Waals surface area (Å²) in [6.45, 7) is 1.96. The third kappa shape index (κ3) is 3.45. The van der Waals surface area contributed by atoms with E-state index in [1.54, 1.807) is 25.1 Å². The number of halogens is 2. The largest absolute Gasteiger partial charge is 0.462 e. The average molecular weight is 410 g/mol. The Kier molecular flexibility index (Phi) is 5.09. The molecule has 0 aliphatic heterocycles. The minimum absolute atomic E-state index is 0.0651. The Bertz CT molecular complexity index is 1300. The summed E-state index contributed by atoms with van der Waals surface area (Å²) < 4.78 is 34.4. The lowest BCUT2D eigenvalue weighted by Gasteiger charge is -2.17. The number of carbonyl (C=O) groups is 1.